The third kappa shape index (κ3) is 5.20. The molecule has 0 atom stereocenters. The number of imidazole rings is 1. The van der Waals surface area contributed by atoms with E-state index < -0.39 is 17.5 Å². The highest BCUT2D eigenvalue weighted by molar-refractivity contribution is 7.99. The van der Waals surface area contributed by atoms with Crippen molar-refractivity contribution in [3.8, 4) is 11.5 Å². The minimum Gasteiger partial charge on any atom is -0.453 e. The molecule has 0 radical (unpaired) electrons. The molecule has 4 rings (SSSR count). The van der Waals surface area contributed by atoms with E-state index in [9.17, 15) is 18.0 Å². The van der Waals surface area contributed by atoms with E-state index in [2.05, 4.69) is 15.3 Å². The van der Waals surface area contributed by atoms with Crippen LogP contribution in [-0.4, -0.2) is 26.2 Å². The number of nitrogens with zero attached hydrogens (tertiary/aromatic N) is 3. The normalized spacial score (nSPS) is 11.1. The van der Waals surface area contributed by atoms with Gasteiger partial charge in [-0.2, -0.15) is 8.78 Å². The highest BCUT2D eigenvalue weighted by atomic mass is 32.2. The number of fused-ring (bicyclic) bond motifs is 1. The predicted molar refractivity (Wildman–Crippen MR) is 114 cm³/mol. The van der Waals surface area contributed by atoms with E-state index in [1.807, 2.05) is 0 Å². The molecule has 2 aromatic carbocycles. The van der Waals surface area contributed by atoms with Gasteiger partial charge in [-0.05, 0) is 53.7 Å². The van der Waals surface area contributed by atoms with Crippen molar-refractivity contribution in [2.75, 3.05) is 0 Å². The molecule has 10 heteroatoms. The average molecular weight is 458 g/mol. The van der Waals surface area contributed by atoms with Gasteiger partial charge in [-0.15, -0.1) is 0 Å². The second-order valence-electron chi connectivity index (χ2n) is 6.68. The number of halogens is 3. The van der Waals surface area contributed by atoms with Crippen LogP contribution >= 0.6 is 11.8 Å². The molecule has 0 aliphatic rings. The number of carbonyl (C=O) groups is 1. The molecule has 2 heterocycles. The van der Waals surface area contributed by atoms with E-state index in [0.29, 0.717) is 22.3 Å². The van der Waals surface area contributed by atoms with Crippen LogP contribution in [0.3, 0.4) is 0 Å². The van der Waals surface area contributed by atoms with Crippen molar-refractivity contribution in [3.63, 3.8) is 0 Å². The molecule has 32 heavy (non-hydrogen) atoms. The lowest BCUT2D eigenvalue weighted by molar-refractivity contribution is -0.121. The molecule has 0 unspecified atom stereocenters. The molecule has 4 aromatic rings. The van der Waals surface area contributed by atoms with Crippen molar-refractivity contribution in [2.24, 2.45) is 0 Å². The van der Waals surface area contributed by atoms with Gasteiger partial charge in [-0.1, -0.05) is 18.2 Å². The molecule has 0 spiro atoms. The molecule has 6 nitrogen and oxygen atoms in total. The summed E-state index contributed by atoms with van der Waals surface area (Å²) in [5.74, 6) is -3.23. The summed E-state index contributed by atoms with van der Waals surface area (Å²) in [5.41, 5.74) is 1.62. The molecule has 0 saturated carbocycles. The fourth-order valence-corrected chi connectivity index (χ4v) is 3.65. The summed E-state index contributed by atoms with van der Waals surface area (Å²) >= 11 is 0.282. The third-order valence-electron chi connectivity index (χ3n) is 4.46. The van der Waals surface area contributed by atoms with E-state index in [1.165, 1.54) is 22.9 Å². The Morgan fingerprint density at radius 3 is 2.75 bits per heavy atom. The number of thioether (sulfide) groups is 1. The van der Waals surface area contributed by atoms with E-state index in [4.69, 9.17) is 4.74 Å². The Kier molecular flexibility index (Phi) is 6.60. The molecule has 0 saturated heterocycles. The van der Waals surface area contributed by atoms with E-state index in [0.717, 1.165) is 0 Å². The Morgan fingerprint density at radius 2 is 2.00 bits per heavy atom. The van der Waals surface area contributed by atoms with Crippen molar-refractivity contribution < 1.29 is 22.7 Å². The summed E-state index contributed by atoms with van der Waals surface area (Å²) in [5, 5.41) is 2.73. The van der Waals surface area contributed by atoms with E-state index >= 15 is 0 Å². The molecule has 1 amide bonds. The number of benzene rings is 2. The highest BCUT2D eigenvalue weighted by Crippen LogP contribution is 2.28. The summed E-state index contributed by atoms with van der Waals surface area (Å²) in [7, 11) is 0. The van der Waals surface area contributed by atoms with Gasteiger partial charge >= 0.3 is 0 Å². The largest absolute Gasteiger partial charge is 0.453 e. The van der Waals surface area contributed by atoms with Crippen molar-refractivity contribution in [1.29, 1.82) is 0 Å². The quantitative estimate of drug-likeness (QED) is 0.377. The standard InChI is InChI=1S/C22H17F3N4O2S/c23-16-10-14(7-8-19(16)31-15-4-3-9-26-12-15)11-27-20(30)13-29-18-6-2-1-5-17(18)28-22(29)32-21(24)25/h1-10,12,21H,11,13H2,(H,27,30). The number of para-hydroxylation sites is 2. The number of aromatic nitrogens is 3. The lowest BCUT2D eigenvalue weighted by atomic mass is 10.2. The predicted octanol–water partition coefficient (Wildman–Crippen LogP) is 4.99. The summed E-state index contributed by atoms with van der Waals surface area (Å²) in [6.07, 6.45) is 3.05. The second-order valence-corrected chi connectivity index (χ2v) is 7.64. The number of amides is 1. The first-order valence-corrected chi connectivity index (χ1v) is 10.4. The van der Waals surface area contributed by atoms with Crippen LogP contribution in [0.5, 0.6) is 11.5 Å². The zero-order valence-electron chi connectivity index (χ0n) is 16.5. The van der Waals surface area contributed by atoms with Crippen LogP contribution < -0.4 is 10.1 Å². The van der Waals surface area contributed by atoms with Crippen molar-refractivity contribution in [2.45, 2.75) is 24.0 Å². The van der Waals surface area contributed by atoms with Gasteiger partial charge in [-0.25, -0.2) is 9.37 Å². The van der Waals surface area contributed by atoms with Gasteiger partial charge in [0.25, 0.3) is 5.76 Å². The van der Waals surface area contributed by atoms with Gasteiger partial charge in [0, 0.05) is 12.7 Å². The van der Waals surface area contributed by atoms with E-state index in [1.54, 1.807) is 48.7 Å². The smallest absolute Gasteiger partial charge is 0.291 e. The molecule has 0 aliphatic carbocycles. The van der Waals surface area contributed by atoms with Crippen LogP contribution in [0.15, 0.2) is 72.1 Å². The van der Waals surface area contributed by atoms with Crippen LogP contribution in [0.25, 0.3) is 11.0 Å². The zero-order chi connectivity index (χ0) is 22.5. The maximum Gasteiger partial charge on any atom is 0.291 e. The fraction of sp³-hybridized carbons (Fsp3) is 0.136. The lowest BCUT2D eigenvalue weighted by Gasteiger charge is -2.11. The number of carbonyl (C=O) groups excluding carboxylic acids is 1. The van der Waals surface area contributed by atoms with Gasteiger partial charge in [-0.3, -0.25) is 9.78 Å². The zero-order valence-corrected chi connectivity index (χ0v) is 17.4. The van der Waals surface area contributed by atoms with Crippen molar-refractivity contribution in [3.05, 3.63) is 78.4 Å². The maximum absolute atomic E-state index is 14.4. The third-order valence-corrected chi connectivity index (χ3v) is 5.16. The number of nitrogens with one attached hydrogen (secondary N) is 1. The number of rotatable bonds is 8. The molecule has 0 fully saturated rings. The Hall–Kier alpha value is -3.53. The molecule has 1 N–H and O–H groups in total. The Balaban J connectivity index is 1.42. The SMILES string of the molecule is O=C(Cn1c(SC(F)F)nc2ccccc21)NCc1ccc(Oc2cccnc2)c(F)c1. The van der Waals surface area contributed by atoms with Crippen LogP contribution in [0.1, 0.15) is 5.56 Å². The molecule has 0 bridgehead atoms. The summed E-state index contributed by atoms with van der Waals surface area (Å²) < 4.78 is 47.1. The number of pyridine rings is 1. The van der Waals surface area contributed by atoms with Gasteiger partial charge in [0.2, 0.25) is 5.91 Å². The molecule has 0 aliphatic heterocycles. The van der Waals surface area contributed by atoms with Gasteiger partial charge in [0.1, 0.15) is 12.3 Å². The number of hydrogen-bond acceptors (Lipinski definition) is 5. The molecular weight excluding hydrogens is 441 g/mol. The first kappa shape index (κ1) is 21.7. The molecular formula is C22H17F3N4O2S. The molecule has 164 valence electrons. The fourth-order valence-electron chi connectivity index (χ4n) is 3.05. The number of hydrogen-bond donors (Lipinski definition) is 1. The molecule has 2 aromatic heterocycles. The van der Waals surface area contributed by atoms with Crippen LogP contribution in [-0.2, 0) is 17.9 Å². The van der Waals surface area contributed by atoms with Gasteiger partial charge in [0.05, 0.1) is 17.2 Å². The lowest BCUT2D eigenvalue weighted by Crippen LogP contribution is -2.27. The van der Waals surface area contributed by atoms with E-state index in [-0.39, 0.29) is 35.8 Å². The minimum absolute atomic E-state index is 0.0339. The Labute approximate surface area is 185 Å². The van der Waals surface area contributed by atoms with Crippen LogP contribution in [0.4, 0.5) is 13.2 Å². The van der Waals surface area contributed by atoms with Crippen molar-refractivity contribution in [1.82, 2.24) is 19.9 Å². The monoisotopic (exact) mass is 458 g/mol. The Morgan fingerprint density at radius 1 is 1.16 bits per heavy atom. The van der Waals surface area contributed by atoms with Gasteiger partial charge in [0.15, 0.2) is 16.7 Å². The average Bonchev–Trinajstić information content (AvgIpc) is 3.11. The first-order chi connectivity index (χ1) is 15.5. The number of alkyl halides is 2. The summed E-state index contributed by atoms with van der Waals surface area (Å²) in [6.45, 7) is -0.132. The Bertz CT molecular complexity index is 1230. The van der Waals surface area contributed by atoms with Crippen LogP contribution in [0, 0.1) is 5.82 Å². The topological polar surface area (TPSA) is 69.0 Å². The minimum atomic E-state index is -2.66. The van der Waals surface area contributed by atoms with Gasteiger partial charge < -0.3 is 14.6 Å². The maximum atomic E-state index is 14.4. The second kappa shape index (κ2) is 9.73. The van der Waals surface area contributed by atoms with Crippen LogP contribution in [0.2, 0.25) is 0 Å². The van der Waals surface area contributed by atoms with Crippen molar-refractivity contribution >= 4 is 28.7 Å². The summed E-state index contributed by atoms with van der Waals surface area (Å²) in [6, 6.07) is 14.6. The first-order valence-electron chi connectivity index (χ1n) is 9.52. The number of ether oxygens (including phenoxy) is 1. The summed E-state index contributed by atoms with van der Waals surface area (Å²) in [4.78, 5) is 20.6. The highest BCUT2D eigenvalue weighted by Gasteiger charge is 2.18.